The van der Waals surface area contributed by atoms with Gasteiger partial charge in [0.1, 0.15) is 0 Å². The Balaban J connectivity index is 2.70. The van der Waals surface area contributed by atoms with Crippen LogP contribution in [0.15, 0.2) is 24.3 Å². The van der Waals surface area contributed by atoms with Crippen molar-refractivity contribution in [1.82, 2.24) is 0 Å². The van der Waals surface area contributed by atoms with Gasteiger partial charge in [0.25, 0.3) is 0 Å². The second kappa shape index (κ2) is 6.18. The molecule has 0 saturated carbocycles. The molecule has 0 aromatic heterocycles. The summed E-state index contributed by atoms with van der Waals surface area (Å²) >= 11 is 0. The van der Waals surface area contributed by atoms with Gasteiger partial charge in [-0.05, 0) is 23.5 Å². The Bertz CT molecular complexity index is 390. The Morgan fingerprint density at radius 1 is 1.29 bits per heavy atom. The van der Waals surface area contributed by atoms with Crippen molar-refractivity contribution >= 4 is 12.4 Å². The normalized spacial score (nSPS) is 13.2. The van der Waals surface area contributed by atoms with E-state index in [9.17, 15) is 4.79 Å². The van der Waals surface area contributed by atoms with Crippen LogP contribution in [0.3, 0.4) is 0 Å². The molecule has 0 heterocycles. The Labute approximate surface area is 102 Å². The van der Waals surface area contributed by atoms with E-state index in [1.165, 1.54) is 11.8 Å². The molecule has 17 heavy (non-hydrogen) atoms. The van der Waals surface area contributed by atoms with Crippen LogP contribution in [0.25, 0.3) is 0 Å². The summed E-state index contributed by atoms with van der Waals surface area (Å²) in [7, 11) is 0. The lowest BCUT2D eigenvalue weighted by Crippen LogP contribution is -2.01. The highest BCUT2D eigenvalue weighted by atomic mass is 16.6. The van der Waals surface area contributed by atoms with Crippen molar-refractivity contribution in [2.24, 2.45) is 5.92 Å². The molecule has 0 saturated heterocycles. The van der Waals surface area contributed by atoms with Crippen molar-refractivity contribution < 1.29 is 14.3 Å². The van der Waals surface area contributed by atoms with Crippen molar-refractivity contribution in [2.75, 3.05) is 0 Å². The third kappa shape index (κ3) is 4.81. The first-order chi connectivity index (χ1) is 7.99. The molecule has 0 aliphatic heterocycles. The van der Waals surface area contributed by atoms with Crippen LogP contribution >= 0.6 is 0 Å². The van der Waals surface area contributed by atoms with Gasteiger partial charge in [-0.3, -0.25) is 4.42 Å². The highest BCUT2D eigenvalue weighted by Gasteiger charge is 2.09. The summed E-state index contributed by atoms with van der Waals surface area (Å²) in [6.07, 6.45) is 1.12. The van der Waals surface area contributed by atoms with Crippen LogP contribution in [-0.2, 0) is 10.8 Å². The molecule has 3 heteroatoms. The number of aldehydes is 1. The topological polar surface area (TPSA) is 48.6 Å². The summed E-state index contributed by atoms with van der Waals surface area (Å²) < 4.78 is 4.44. The van der Waals surface area contributed by atoms with Crippen LogP contribution in [0.1, 0.15) is 37.8 Å². The van der Waals surface area contributed by atoms with Gasteiger partial charge in [-0.25, -0.2) is 0 Å². The number of rotatable bonds is 4. The van der Waals surface area contributed by atoms with Gasteiger partial charge in [-0.2, -0.15) is 0 Å². The maximum absolute atomic E-state index is 10.3. The number of carboxylic acid groups (broad SMARTS) is 1. The molecule has 0 radical (unpaired) electrons. The average Bonchev–Trinajstić information content (AvgIpc) is 2.26. The van der Waals surface area contributed by atoms with Crippen molar-refractivity contribution in [3.63, 3.8) is 0 Å². The van der Waals surface area contributed by atoms with E-state index in [4.69, 9.17) is 5.11 Å². The average molecular weight is 235 g/mol. The number of hydrogen-bond donors (Lipinski definition) is 1. The first-order valence-corrected chi connectivity index (χ1v) is 5.80. The van der Waals surface area contributed by atoms with Crippen molar-refractivity contribution in [3.05, 3.63) is 35.4 Å². The minimum Gasteiger partial charge on any atom is -0.332 e. The summed E-state index contributed by atoms with van der Waals surface area (Å²) in [5.74, 6) is 0.611. The number of carbonyl (C=O) groups excluding carboxylic acids is 1. The van der Waals surface area contributed by atoms with Gasteiger partial charge in [0.05, 0.1) is 5.92 Å². The van der Waals surface area contributed by atoms with E-state index >= 15 is 0 Å². The molecule has 0 aliphatic rings. The van der Waals surface area contributed by atoms with E-state index in [-0.39, 0.29) is 5.92 Å². The van der Waals surface area contributed by atoms with Crippen molar-refractivity contribution in [3.8, 4) is 0 Å². The monoisotopic (exact) mass is 235 g/mol. The minimum absolute atomic E-state index is 0.0285. The van der Waals surface area contributed by atoms with Crippen LogP contribution in [0.5, 0.6) is 0 Å². The van der Waals surface area contributed by atoms with Gasteiger partial charge in [0, 0.05) is 4.79 Å². The molecule has 0 fully saturated rings. The molecule has 92 valence electrons. The van der Waals surface area contributed by atoms with E-state index in [1.807, 2.05) is 19.1 Å². The van der Waals surface area contributed by atoms with Crippen LogP contribution in [0.2, 0.25) is 0 Å². The van der Waals surface area contributed by atoms with Gasteiger partial charge >= 0.3 is 6.16 Å². The maximum Gasteiger partial charge on any atom is 0.780 e. The van der Waals surface area contributed by atoms with Crippen molar-refractivity contribution in [1.29, 1.82) is 0 Å². The zero-order chi connectivity index (χ0) is 12.8. The lowest BCUT2D eigenvalue weighted by Gasteiger charge is -2.07. The second-order valence-corrected chi connectivity index (χ2v) is 4.65. The lowest BCUT2D eigenvalue weighted by molar-refractivity contribution is -0.360. The van der Waals surface area contributed by atoms with Crippen molar-refractivity contribution in [2.45, 2.75) is 33.1 Å². The van der Waals surface area contributed by atoms with Crippen LogP contribution in [0, 0.1) is 5.92 Å². The summed E-state index contributed by atoms with van der Waals surface area (Å²) in [4.78, 5) is 10.3. The molecule has 0 bridgehead atoms. The standard InChI is InChI=1S/C14H18O3/c1-10(2)8-12-4-6-13(7-5-12)11(3)9-17-14(15)16/h4-7,9-11H,8H2,1-3H3/p+1. The SMILES string of the molecule is CC(C)Cc1ccc(C(C)C=[O+]C(=O)O)cc1. The molecule has 0 spiro atoms. The van der Waals surface area contributed by atoms with E-state index in [1.54, 1.807) is 0 Å². The van der Waals surface area contributed by atoms with Gasteiger partial charge in [-0.15, -0.1) is 0 Å². The third-order valence-electron chi connectivity index (χ3n) is 2.52. The third-order valence-corrected chi connectivity index (χ3v) is 2.52. The molecule has 3 nitrogen and oxygen atoms in total. The molecule has 0 amide bonds. The minimum atomic E-state index is -1.27. The van der Waals surface area contributed by atoms with Crippen LogP contribution in [-0.4, -0.2) is 17.5 Å². The molecule has 1 aromatic rings. The smallest absolute Gasteiger partial charge is 0.332 e. The Kier molecular flexibility index (Phi) is 4.88. The molecule has 1 aromatic carbocycles. The Morgan fingerprint density at radius 2 is 1.88 bits per heavy atom. The maximum atomic E-state index is 10.3. The highest BCUT2D eigenvalue weighted by molar-refractivity contribution is 5.67. The van der Waals surface area contributed by atoms with Gasteiger partial charge in [-0.1, -0.05) is 45.0 Å². The molecule has 1 unspecified atom stereocenters. The number of hydrogen-bond acceptors (Lipinski definition) is 1. The van der Waals surface area contributed by atoms with Gasteiger partial charge in [0.15, 0.2) is 6.29 Å². The molecule has 1 atom stereocenters. The van der Waals surface area contributed by atoms with Crippen LogP contribution < -0.4 is 0 Å². The number of carbonyl (C=O) groups is 1. The predicted molar refractivity (Wildman–Crippen MR) is 67.5 cm³/mol. The summed E-state index contributed by atoms with van der Waals surface area (Å²) in [6, 6.07) is 8.20. The molecular formula is C14H19O3+. The van der Waals surface area contributed by atoms with Crippen LogP contribution in [0.4, 0.5) is 4.79 Å². The number of benzene rings is 1. The zero-order valence-electron chi connectivity index (χ0n) is 10.5. The molecule has 1 rings (SSSR count). The van der Waals surface area contributed by atoms with E-state index in [0.29, 0.717) is 5.92 Å². The molecule has 1 N–H and O–H groups in total. The second-order valence-electron chi connectivity index (χ2n) is 4.65. The van der Waals surface area contributed by atoms with Gasteiger partial charge in [0.2, 0.25) is 0 Å². The van der Waals surface area contributed by atoms with E-state index in [2.05, 4.69) is 30.4 Å². The Hall–Kier alpha value is -1.64. The largest absolute Gasteiger partial charge is 0.780 e. The fourth-order valence-corrected chi connectivity index (χ4v) is 1.67. The van der Waals surface area contributed by atoms with E-state index < -0.39 is 6.16 Å². The predicted octanol–water partition coefficient (Wildman–Crippen LogP) is 3.40. The lowest BCUT2D eigenvalue weighted by atomic mass is 9.98. The molecule has 0 aliphatic carbocycles. The fourth-order valence-electron chi connectivity index (χ4n) is 1.67. The Morgan fingerprint density at radius 3 is 2.35 bits per heavy atom. The first-order valence-electron chi connectivity index (χ1n) is 5.80. The zero-order valence-corrected chi connectivity index (χ0v) is 10.5. The molecular weight excluding hydrogens is 216 g/mol. The summed E-state index contributed by atoms with van der Waals surface area (Å²) in [6.45, 7) is 6.27. The quantitative estimate of drug-likeness (QED) is 0.642. The summed E-state index contributed by atoms with van der Waals surface area (Å²) in [5.41, 5.74) is 2.36. The first kappa shape index (κ1) is 13.4. The highest BCUT2D eigenvalue weighted by Crippen LogP contribution is 2.15. The fraction of sp³-hybridized carbons (Fsp3) is 0.429. The summed E-state index contributed by atoms with van der Waals surface area (Å²) in [5, 5.41) is 8.40. The van der Waals surface area contributed by atoms with Gasteiger partial charge < -0.3 is 5.11 Å². The van der Waals surface area contributed by atoms with E-state index in [0.717, 1.165) is 12.0 Å².